The van der Waals surface area contributed by atoms with Gasteiger partial charge in [0.25, 0.3) is 0 Å². The first kappa shape index (κ1) is 16.4. The van der Waals surface area contributed by atoms with E-state index in [4.69, 9.17) is 16.3 Å². The molecule has 0 saturated heterocycles. The molecular formula is C15H21ClN2O2. The van der Waals surface area contributed by atoms with Gasteiger partial charge in [-0.15, -0.1) is 0 Å². The van der Waals surface area contributed by atoms with Crippen LogP contribution in [0.1, 0.15) is 26.3 Å². The van der Waals surface area contributed by atoms with Gasteiger partial charge >= 0.3 is 6.03 Å². The molecule has 0 aliphatic heterocycles. The lowest BCUT2D eigenvalue weighted by molar-refractivity contribution is 0.255. The van der Waals surface area contributed by atoms with Gasteiger partial charge in [-0.05, 0) is 31.4 Å². The number of amides is 2. The maximum Gasteiger partial charge on any atom is 0.323 e. The van der Waals surface area contributed by atoms with Crippen molar-refractivity contribution in [2.75, 3.05) is 12.4 Å². The Kier molecular flexibility index (Phi) is 5.89. The Labute approximate surface area is 125 Å². The average molecular weight is 297 g/mol. The Morgan fingerprint density at radius 3 is 2.60 bits per heavy atom. The van der Waals surface area contributed by atoms with Gasteiger partial charge in [0.2, 0.25) is 0 Å². The molecule has 0 fully saturated rings. The molecule has 0 aromatic heterocycles. The highest BCUT2D eigenvalue weighted by atomic mass is 35.5. The maximum atomic E-state index is 11.8. The van der Waals surface area contributed by atoms with Gasteiger partial charge in [-0.3, -0.25) is 0 Å². The fourth-order valence-electron chi connectivity index (χ4n) is 1.43. The Balaban J connectivity index is 2.81. The lowest BCUT2D eigenvalue weighted by atomic mass is 10.1. The van der Waals surface area contributed by atoms with E-state index in [1.165, 1.54) is 7.11 Å². The molecule has 4 nitrogen and oxygen atoms in total. The van der Waals surface area contributed by atoms with Crippen LogP contribution in [0.3, 0.4) is 0 Å². The van der Waals surface area contributed by atoms with Gasteiger partial charge in [0.15, 0.2) is 0 Å². The average Bonchev–Trinajstić information content (AvgIpc) is 2.39. The molecule has 110 valence electrons. The van der Waals surface area contributed by atoms with Crippen molar-refractivity contribution in [3.05, 3.63) is 34.5 Å². The van der Waals surface area contributed by atoms with Crippen LogP contribution in [0.25, 0.3) is 0 Å². The first-order valence-electron chi connectivity index (χ1n) is 6.43. The van der Waals surface area contributed by atoms with Crippen molar-refractivity contribution in [1.82, 2.24) is 5.32 Å². The zero-order chi connectivity index (χ0) is 15.3. The summed E-state index contributed by atoms with van der Waals surface area (Å²) in [4.78, 5) is 11.8. The third-order valence-corrected chi connectivity index (χ3v) is 3.48. The molecule has 2 N–H and O–H groups in total. The van der Waals surface area contributed by atoms with Crippen LogP contribution in [-0.4, -0.2) is 13.1 Å². The van der Waals surface area contributed by atoms with Crippen molar-refractivity contribution in [1.29, 1.82) is 0 Å². The molecule has 5 heteroatoms. The highest BCUT2D eigenvalue weighted by Gasteiger charge is 2.09. The predicted octanol–water partition coefficient (Wildman–Crippen LogP) is 4.34. The molecule has 1 rings (SSSR count). The van der Waals surface area contributed by atoms with Crippen LogP contribution in [0.2, 0.25) is 5.02 Å². The van der Waals surface area contributed by atoms with Crippen molar-refractivity contribution in [2.24, 2.45) is 5.92 Å². The van der Waals surface area contributed by atoms with Crippen LogP contribution in [0.15, 0.2) is 23.9 Å². The lowest BCUT2D eigenvalue weighted by Crippen LogP contribution is -2.25. The number of aryl methyl sites for hydroxylation is 1. The second-order valence-electron chi connectivity index (χ2n) is 4.94. The smallest absolute Gasteiger partial charge is 0.323 e. The second kappa shape index (κ2) is 7.20. The van der Waals surface area contributed by atoms with Crippen molar-refractivity contribution in [3.8, 4) is 5.75 Å². The van der Waals surface area contributed by atoms with Crippen LogP contribution in [-0.2, 0) is 0 Å². The monoisotopic (exact) mass is 296 g/mol. The fourth-order valence-corrected chi connectivity index (χ4v) is 1.59. The predicted molar refractivity (Wildman–Crippen MR) is 83.5 cm³/mol. The molecule has 0 aliphatic carbocycles. The first-order chi connectivity index (χ1) is 9.35. The highest BCUT2D eigenvalue weighted by molar-refractivity contribution is 6.31. The van der Waals surface area contributed by atoms with Crippen LogP contribution >= 0.6 is 11.6 Å². The summed E-state index contributed by atoms with van der Waals surface area (Å²) < 4.78 is 5.20. The normalized spacial score (nSPS) is 11.4. The standard InChI is InChI=1S/C15H21ClN2O2/c1-9(2)11(4)8-17-15(19)18-13-6-10(3)12(16)7-14(13)20-5/h6-9H,1-5H3,(H2,17,18,19)/b11-8+. The minimum absolute atomic E-state index is 0.315. The third kappa shape index (κ3) is 4.46. The molecule has 0 atom stereocenters. The summed E-state index contributed by atoms with van der Waals surface area (Å²) in [5.74, 6) is 0.919. The van der Waals surface area contributed by atoms with Crippen molar-refractivity contribution in [2.45, 2.75) is 27.7 Å². The minimum Gasteiger partial charge on any atom is -0.495 e. The summed E-state index contributed by atoms with van der Waals surface area (Å²) in [6.07, 6.45) is 1.70. The summed E-state index contributed by atoms with van der Waals surface area (Å²) in [7, 11) is 1.53. The van der Waals surface area contributed by atoms with Gasteiger partial charge in [0.05, 0.1) is 12.8 Å². The second-order valence-corrected chi connectivity index (χ2v) is 5.35. The number of hydrogen-bond acceptors (Lipinski definition) is 2. The number of anilines is 1. The fraction of sp³-hybridized carbons (Fsp3) is 0.400. The number of methoxy groups -OCH3 is 1. The molecule has 0 spiro atoms. The van der Waals surface area contributed by atoms with Gasteiger partial charge in [0.1, 0.15) is 5.75 Å². The molecule has 0 saturated carbocycles. The summed E-state index contributed by atoms with van der Waals surface area (Å²) in [6, 6.07) is 3.14. The minimum atomic E-state index is -0.315. The number of urea groups is 1. The number of halogens is 1. The Hall–Kier alpha value is -1.68. The molecule has 0 bridgehead atoms. The first-order valence-corrected chi connectivity index (χ1v) is 6.81. The van der Waals surface area contributed by atoms with Crippen LogP contribution < -0.4 is 15.4 Å². The Morgan fingerprint density at radius 1 is 1.40 bits per heavy atom. The Morgan fingerprint density at radius 2 is 2.05 bits per heavy atom. The number of nitrogens with one attached hydrogen (secondary N) is 2. The van der Waals surface area contributed by atoms with Crippen LogP contribution in [0.5, 0.6) is 5.75 Å². The number of rotatable bonds is 4. The van der Waals surface area contributed by atoms with E-state index in [0.717, 1.165) is 11.1 Å². The van der Waals surface area contributed by atoms with Crippen LogP contribution in [0, 0.1) is 12.8 Å². The van der Waals surface area contributed by atoms with Gasteiger partial charge < -0.3 is 15.4 Å². The largest absolute Gasteiger partial charge is 0.495 e. The number of hydrogen-bond donors (Lipinski definition) is 2. The number of carbonyl (C=O) groups excluding carboxylic acids is 1. The summed E-state index contributed by atoms with van der Waals surface area (Å²) in [5, 5.41) is 6.04. The van der Waals surface area contributed by atoms with Gasteiger partial charge in [-0.1, -0.05) is 31.0 Å². The number of ether oxygens (including phenoxy) is 1. The summed E-state index contributed by atoms with van der Waals surface area (Å²) >= 11 is 6.02. The quantitative estimate of drug-likeness (QED) is 0.868. The van der Waals surface area contributed by atoms with Crippen molar-refractivity contribution >= 4 is 23.3 Å². The Bertz CT molecular complexity index is 525. The summed E-state index contributed by atoms with van der Waals surface area (Å²) in [5.41, 5.74) is 2.55. The molecule has 1 aromatic rings. The molecule has 0 heterocycles. The van der Waals surface area contributed by atoms with E-state index in [2.05, 4.69) is 24.5 Å². The van der Waals surface area contributed by atoms with Crippen molar-refractivity contribution in [3.63, 3.8) is 0 Å². The van der Waals surface area contributed by atoms with E-state index in [0.29, 0.717) is 22.4 Å². The van der Waals surface area contributed by atoms with E-state index < -0.39 is 0 Å². The zero-order valence-electron chi connectivity index (χ0n) is 12.5. The molecule has 2 amide bonds. The van der Waals surface area contributed by atoms with E-state index >= 15 is 0 Å². The van der Waals surface area contributed by atoms with E-state index in [9.17, 15) is 4.79 Å². The zero-order valence-corrected chi connectivity index (χ0v) is 13.3. The molecular weight excluding hydrogens is 276 g/mol. The van der Waals surface area contributed by atoms with E-state index in [1.54, 1.807) is 18.3 Å². The van der Waals surface area contributed by atoms with Gasteiger partial charge in [-0.25, -0.2) is 4.79 Å². The topological polar surface area (TPSA) is 50.4 Å². The van der Waals surface area contributed by atoms with Crippen molar-refractivity contribution < 1.29 is 9.53 Å². The summed E-state index contributed by atoms with van der Waals surface area (Å²) in [6.45, 7) is 7.97. The molecule has 0 radical (unpaired) electrons. The molecule has 0 aliphatic rings. The number of benzene rings is 1. The maximum absolute atomic E-state index is 11.8. The van der Waals surface area contributed by atoms with Gasteiger partial charge in [0, 0.05) is 17.3 Å². The van der Waals surface area contributed by atoms with E-state index in [1.807, 2.05) is 13.8 Å². The SMILES string of the molecule is COc1cc(Cl)c(C)cc1NC(=O)N/C=C(\C)C(C)C. The van der Waals surface area contributed by atoms with Crippen LogP contribution in [0.4, 0.5) is 10.5 Å². The van der Waals surface area contributed by atoms with E-state index in [-0.39, 0.29) is 6.03 Å². The lowest BCUT2D eigenvalue weighted by Gasteiger charge is -2.12. The molecule has 20 heavy (non-hydrogen) atoms. The molecule has 1 aromatic carbocycles. The highest BCUT2D eigenvalue weighted by Crippen LogP contribution is 2.30. The number of carbonyl (C=O) groups is 1. The molecule has 0 unspecified atom stereocenters. The third-order valence-electron chi connectivity index (χ3n) is 3.07. The number of allylic oxidation sites excluding steroid dienone is 1. The van der Waals surface area contributed by atoms with Gasteiger partial charge in [-0.2, -0.15) is 0 Å².